The fourth-order valence-corrected chi connectivity index (χ4v) is 3.09. The van der Waals surface area contributed by atoms with E-state index in [1.165, 1.54) is 17.0 Å². The van der Waals surface area contributed by atoms with Crippen LogP contribution in [0.2, 0.25) is 0 Å². The molecule has 1 aliphatic rings. The van der Waals surface area contributed by atoms with Gasteiger partial charge in [-0.3, -0.25) is 0 Å². The van der Waals surface area contributed by atoms with E-state index in [2.05, 4.69) is 49.6 Å². The summed E-state index contributed by atoms with van der Waals surface area (Å²) in [5.41, 5.74) is 5.36. The molecule has 0 unspecified atom stereocenters. The van der Waals surface area contributed by atoms with Crippen LogP contribution in [0.5, 0.6) is 0 Å². The van der Waals surface area contributed by atoms with E-state index in [9.17, 15) is 4.79 Å². The number of rotatable bonds is 3. The second-order valence-electron chi connectivity index (χ2n) is 6.32. The highest BCUT2D eigenvalue weighted by Crippen LogP contribution is 2.39. The molecule has 1 N–H and O–H groups in total. The molecule has 0 aromatic heterocycles. The Morgan fingerprint density at radius 2 is 1.70 bits per heavy atom. The molecule has 0 saturated heterocycles. The highest BCUT2D eigenvalue weighted by Gasteiger charge is 2.42. The molecular formula is C19H20ClNO2. The van der Waals surface area contributed by atoms with Gasteiger partial charge in [0.25, 0.3) is 0 Å². The Morgan fingerprint density at radius 1 is 1.09 bits per heavy atom. The maximum atomic E-state index is 10.9. The number of carboxylic acid groups (broad SMARTS) is 1. The monoisotopic (exact) mass is 329 g/mol. The van der Waals surface area contributed by atoms with E-state index in [1.54, 1.807) is 12.1 Å². The summed E-state index contributed by atoms with van der Waals surface area (Å²) in [5.74, 6) is -0.887. The average molecular weight is 330 g/mol. The minimum absolute atomic E-state index is 0. The third kappa shape index (κ3) is 2.89. The van der Waals surface area contributed by atoms with Crippen molar-refractivity contribution in [2.45, 2.75) is 32.7 Å². The van der Waals surface area contributed by atoms with Gasteiger partial charge in [-0.1, -0.05) is 30.3 Å². The summed E-state index contributed by atoms with van der Waals surface area (Å²) in [4.78, 5) is 10.9. The van der Waals surface area contributed by atoms with E-state index >= 15 is 0 Å². The Hall–Kier alpha value is -2.13. The molecule has 1 aliphatic heterocycles. The van der Waals surface area contributed by atoms with Gasteiger partial charge in [0.1, 0.15) is 0 Å². The van der Waals surface area contributed by atoms with Crippen LogP contribution in [-0.4, -0.2) is 21.4 Å². The van der Waals surface area contributed by atoms with Crippen molar-refractivity contribution in [2.24, 2.45) is 0 Å². The number of nitrogens with zero attached hydrogens (tertiary/aromatic N) is 1. The van der Waals surface area contributed by atoms with E-state index in [4.69, 9.17) is 5.11 Å². The molecule has 2 aromatic carbocycles. The molecule has 120 valence electrons. The van der Waals surface area contributed by atoms with Crippen molar-refractivity contribution >= 4 is 17.4 Å². The third-order valence-electron chi connectivity index (χ3n) is 4.72. The molecule has 0 saturated carbocycles. The smallest absolute Gasteiger partial charge is 0.335 e. The van der Waals surface area contributed by atoms with Crippen LogP contribution in [0.25, 0.3) is 0 Å². The highest BCUT2D eigenvalue weighted by molar-refractivity contribution is 5.93. The van der Waals surface area contributed by atoms with E-state index in [-0.39, 0.29) is 17.8 Å². The molecule has 1 heterocycles. The minimum atomic E-state index is -0.887. The van der Waals surface area contributed by atoms with Gasteiger partial charge in [0.05, 0.1) is 11.0 Å². The summed E-state index contributed by atoms with van der Waals surface area (Å²) in [7, 11) is 0. The molecule has 23 heavy (non-hydrogen) atoms. The Balaban J connectivity index is 0.00000192. The van der Waals surface area contributed by atoms with Gasteiger partial charge < -0.3 is 17.5 Å². The lowest BCUT2D eigenvalue weighted by Gasteiger charge is -2.14. The maximum Gasteiger partial charge on any atom is 0.335 e. The molecule has 0 bridgehead atoms. The van der Waals surface area contributed by atoms with Gasteiger partial charge in [-0.15, -0.1) is 0 Å². The number of para-hydroxylation sites is 1. The number of carboxylic acids is 1. The van der Waals surface area contributed by atoms with Crippen LogP contribution in [0.15, 0.2) is 48.5 Å². The molecule has 0 atom stereocenters. The lowest BCUT2D eigenvalue weighted by atomic mass is 9.82. The number of hydrogen-bond donors (Lipinski definition) is 1. The SMILES string of the molecule is CC1=[N+](Cc2ccc(C(=O)O)cc2)c2ccccc2C1(C)C.[Cl-]. The molecule has 0 fully saturated rings. The van der Waals surface area contributed by atoms with Gasteiger partial charge in [-0.25, -0.2) is 4.79 Å². The van der Waals surface area contributed by atoms with Crippen molar-refractivity contribution in [1.82, 2.24) is 0 Å². The summed E-state index contributed by atoms with van der Waals surface area (Å²) in [6.07, 6.45) is 0. The van der Waals surface area contributed by atoms with E-state index in [1.807, 2.05) is 12.1 Å². The standard InChI is InChI=1S/C19H19NO2.ClH/c1-13-19(2,3)16-6-4-5-7-17(16)20(13)12-14-8-10-15(11-9-14)18(21)22;/h4-11H,12H2,1-3H3;1H. The Labute approximate surface area is 142 Å². The fourth-order valence-electron chi connectivity index (χ4n) is 3.09. The molecule has 0 amide bonds. The fraction of sp³-hybridized carbons (Fsp3) is 0.263. The predicted octanol–water partition coefficient (Wildman–Crippen LogP) is 0.985. The van der Waals surface area contributed by atoms with Crippen molar-refractivity contribution in [3.8, 4) is 0 Å². The van der Waals surface area contributed by atoms with Crippen molar-refractivity contribution in [3.63, 3.8) is 0 Å². The first kappa shape index (κ1) is 17.2. The average Bonchev–Trinajstić information content (AvgIpc) is 2.69. The van der Waals surface area contributed by atoms with Gasteiger partial charge >= 0.3 is 5.97 Å². The normalized spacial score (nSPS) is 15.1. The molecule has 2 aromatic rings. The topological polar surface area (TPSA) is 40.3 Å². The lowest BCUT2D eigenvalue weighted by Crippen LogP contribution is -3.00. The minimum Gasteiger partial charge on any atom is -1.00 e. The molecule has 4 heteroatoms. The summed E-state index contributed by atoms with van der Waals surface area (Å²) in [5, 5.41) is 8.99. The zero-order valence-electron chi connectivity index (χ0n) is 13.5. The Kier molecular flexibility index (Phi) is 4.62. The Morgan fingerprint density at radius 3 is 2.30 bits per heavy atom. The zero-order chi connectivity index (χ0) is 15.9. The maximum absolute atomic E-state index is 10.9. The summed E-state index contributed by atoms with van der Waals surface area (Å²) >= 11 is 0. The van der Waals surface area contributed by atoms with Crippen molar-refractivity contribution in [3.05, 3.63) is 65.2 Å². The quantitative estimate of drug-likeness (QED) is 0.853. The van der Waals surface area contributed by atoms with Crippen LogP contribution < -0.4 is 12.4 Å². The van der Waals surface area contributed by atoms with Crippen molar-refractivity contribution < 1.29 is 26.9 Å². The van der Waals surface area contributed by atoms with Gasteiger partial charge in [-0.05, 0) is 26.0 Å². The van der Waals surface area contributed by atoms with Crippen molar-refractivity contribution in [2.75, 3.05) is 0 Å². The van der Waals surface area contributed by atoms with Crippen LogP contribution >= 0.6 is 0 Å². The second-order valence-corrected chi connectivity index (χ2v) is 6.32. The highest BCUT2D eigenvalue weighted by atomic mass is 35.5. The molecule has 0 aliphatic carbocycles. The zero-order valence-corrected chi connectivity index (χ0v) is 14.3. The van der Waals surface area contributed by atoms with Crippen molar-refractivity contribution in [1.29, 1.82) is 0 Å². The number of aromatic carboxylic acids is 1. The van der Waals surface area contributed by atoms with Gasteiger partial charge in [-0.2, -0.15) is 4.58 Å². The van der Waals surface area contributed by atoms with Crippen LogP contribution in [0.4, 0.5) is 5.69 Å². The third-order valence-corrected chi connectivity index (χ3v) is 4.72. The van der Waals surface area contributed by atoms with E-state index in [0.29, 0.717) is 5.56 Å². The summed E-state index contributed by atoms with van der Waals surface area (Å²) in [6.45, 7) is 7.42. The lowest BCUT2D eigenvalue weighted by molar-refractivity contribution is -0.456. The van der Waals surface area contributed by atoms with E-state index < -0.39 is 5.97 Å². The van der Waals surface area contributed by atoms with Gasteiger partial charge in [0.15, 0.2) is 12.3 Å². The first-order chi connectivity index (χ1) is 10.4. The Bertz CT molecular complexity index is 776. The van der Waals surface area contributed by atoms with Crippen LogP contribution in [-0.2, 0) is 12.0 Å². The van der Waals surface area contributed by atoms with Crippen LogP contribution in [0.1, 0.15) is 42.3 Å². The number of benzene rings is 2. The molecular weight excluding hydrogens is 310 g/mol. The second kappa shape index (κ2) is 6.17. The first-order valence-corrected chi connectivity index (χ1v) is 7.44. The molecule has 0 spiro atoms. The molecule has 3 nitrogen and oxygen atoms in total. The summed E-state index contributed by atoms with van der Waals surface area (Å²) < 4.78 is 2.32. The van der Waals surface area contributed by atoms with E-state index in [0.717, 1.165) is 12.1 Å². The number of halogens is 1. The number of fused-ring (bicyclic) bond motifs is 1. The molecule has 0 radical (unpaired) electrons. The largest absolute Gasteiger partial charge is 1.00 e. The van der Waals surface area contributed by atoms with Crippen LogP contribution in [0.3, 0.4) is 0 Å². The molecule has 3 rings (SSSR count). The first-order valence-electron chi connectivity index (χ1n) is 7.44. The summed E-state index contributed by atoms with van der Waals surface area (Å²) in [6, 6.07) is 15.6. The van der Waals surface area contributed by atoms with Gasteiger partial charge in [0, 0.05) is 24.1 Å². The number of carbonyl (C=O) groups is 1. The van der Waals surface area contributed by atoms with Crippen LogP contribution in [0, 0.1) is 0 Å². The predicted molar refractivity (Wildman–Crippen MR) is 87.2 cm³/mol. The number of hydrogen-bond acceptors (Lipinski definition) is 1. The van der Waals surface area contributed by atoms with Gasteiger partial charge in [0.2, 0.25) is 5.69 Å².